The minimum absolute atomic E-state index is 0.175. The van der Waals surface area contributed by atoms with E-state index >= 15 is 0 Å². The Morgan fingerprint density at radius 2 is 1.79 bits per heavy atom. The summed E-state index contributed by atoms with van der Waals surface area (Å²) in [5.41, 5.74) is -0.768. The van der Waals surface area contributed by atoms with Crippen LogP contribution in [0.4, 0.5) is 16.4 Å². The van der Waals surface area contributed by atoms with Crippen LogP contribution >= 0.6 is 11.3 Å². The molecule has 0 unspecified atom stereocenters. The lowest BCUT2D eigenvalue weighted by molar-refractivity contribution is -0.394. The summed E-state index contributed by atoms with van der Waals surface area (Å²) in [6, 6.07) is 2.72. The molecule has 0 aliphatic carbocycles. The molecule has 1 aromatic heterocycles. The van der Waals surface area contributed by atoms with Crippen molar-refractivity contribution >= 4 is 39.6 Å². The number of carbonyl (C=O) groups excluding carboxylic acids is 2. The number of benzene rings is 1. The summed E-state index contributed by atoms with van der Waals surface area (Å²) in [5, 5.41) is 24.8. The Morgan fingerprint density at radius 3 is 2.32 bits per heavy atom. The van der Waals surface area contributed by atoms with Gasteiger partial charge in [0.2, 0.25) is 0 Å². The third kappa shape index (κ3) is 4.31. The number of aryl methyl sites for hydroxylation is 1. The molecule has 2 rings (SSSR count). The third-order valence-electron chi connectivity index (χ3n) is 3.79. The van der Waals surface area contributed by atoms with E-state index in [9.17, 15) is 29.8 Å². The van der Waals surface area contributed by atoms with Crippen LogP contribution in [0.25, 0.3) is 0 Å². The highest BCUT2D eigenvalue weighted by Crippen LogP contribution is 2.34. The van der Waals surface area contributed by atoms with Gasteiger partial charge in [0.15, 0.2) is 0 Å². The van der Waals surface area contributed by atoms with Crippen LogP contribution in [0.5, 0.6) is 0 Å². The number of thiophene rings is 1. The molecule has 1 amide bonds. The van der Waals surface area contributed by atoms with Gasteiger partial charge in [0.1, 0.15) is 10.6 Å². The first-order valence-electron chi connectivity index (χ1n) is 8.08. The third-order valence-corrected chi connectivity index (χ3v) is 4.92. The quantitative estimate of drug-likeness (QED) is 0.433. The zero-order valence-corrected chi connectivity index (χ0v) is 16.3. The Bertz CT molecular complexity index is 981. The van der Waals surface area contributed by atoms with Crippen molar-refractivity contribution in [2.45, 2.75) is 33.8 Å². The smallest absolute Gasteiger partial charge is 0.341 e. The van der Waals surface area contributed by atoms with Crippen LogP contribution < -0.4 is 5.32 Å². The number of amides is 1. The van der Waals surface area contributed by atoms with Crippen LogP contribution in [0.1, 0.15) is 45.0 Å². The maximum Gasteiger partial charge on any atom is 0.341 e. The zero-order chi connectivity index (χ0) is 21.2. The van der Waals surface area contributed by atoms with Crippen molar-refractivity contribution in [3.63, 3.8) is 0 Å². The molecule has 1 aromatic carbocycles. The Balaban J connectivity index is 2.44. The normalized spacial score (nSPS) is 10.6. The van der Waals surface area contributed by atoms with E-state index in [-0.39, 0.29) is 22.2 Å². The molecule has 0 saturated carbocycles. The number of hydrogen-bond acceptors (Lipinski definition) is 8. The number of nitrogens with one attached hydrogen (secondary N) is 1. The van der Waals surface area contributed by atoms with Gasteiger partial charge in [-0.1, -0.05) is 0 Å². The van der Waals surface area contributed by atoms with Crippen molar-refractivity contribution < 1.29 is 24.2 Å². The van der Waals surface area contributed by atoms with Gasteiger partial charge in [-0.25, -0.2) is 4.79 Å². The molecule has 1 N–H and O–H groups in total. The first kappa shape index (κ1) is 21.0. The molecule has 0 aliphatic heterocycles. The van der Waals surface area contributed by atoms with E-state index in [4.69, 9.17) is 4.74 Å². The summed E-state index contributed by atoms with van der Waals surface area (Å²) in [4.78, 5) is 46.2. The number of carbonyl (C=O) groups is 2. The molecule has 148 valence electrons. The number of esters is 1. The van der Waals surface area contributed by atoms with Gasteiger partial charge >= 0.3 is 5.97 Å². The standard InChI is InChI=1S/C17H17N3O7S/c1-8(2)27-17(22)14-9(3)10(4)28-16(14)18-15(21)12-6-5-11(19(23)24)7-13(12)20(25)26/h5-8H,1-4H3,(H,18,21). The molecule has 0 spiro atoms. The van der Waals surface area contributed by atoms with E-state index in [0.717, 1.165) is 28.3 Å². The predicted molar refractivity (Wildman–Crippen MR) is 102 cm³/mol. The highest BCUT2D eigenvalue weighted by molar-refractivity contribution is 7.16. The monoisotopic (exact) mass is 407 g/mol. The number of nitro benzene ring substituents is 2. The van der Waals surface area contributed by atoms with Crippen LogP contribution in [-0.4, -0.2) is 27.8 Å². The maximum absolute atomic E-state index is 12.6. The molecule has 0 fully saturated rings. The molecule has 0 saturated heterocycles. The van der Waals surface area contributed by atoms with E-state index in [1.807, 2.05) is 0 Å². The highest BCUT2D eigenvalue weighted by atomic mass is 32.1. The van der Waals surface area contributed by atoms with Crippen molar-refractivity contribution in [3.8, 4) is 0 Å². The Kier molecular flexibility index (Phi) is 6.09. The fourth-order valence-electron chi connectivity index (χ4n) is 2.38. The minimum atomic E-state index is -0.874. The lowest BCUT2D eigenvalue weighted by Gasteiger charge is -2.10. The molecular weight excluding hydrogens is 390 g/mol. The molecule has 0 atom stereocenters. The summed E-state index contributed by atoms with van der Waals surface area (Å²) < 4.78 is 5.20. The number of anilines is 1. The molecule has 28 heavy (non-hydrogen) atoms. The molecular formula is C17H17N3O7S. The second kappa shape index (κ2) is 8.13. The predicted octanol–water partition coefficient (Wildman–Crippen LogP) is 4.00. The Hall–Kier alpha value is -3.34. The fraction of sp³-hybridized carbons (Fsp3) is 0.294. The lowest BCUT2D eigenvalue weighted by atomic mass is 10.1. The first-order valence-corrected chi connectivity index (χ1v) is 8.89. The molecule has 10 nitrogen and oxygen atoms in total. The van der Waals surface area contributed by atoms with Crippen molar-refractivity contribution in [2.75, 3.05) is 5.32 Å². The number of ether oxygens (including phenoxy) is 1. The number of nitrogens with zero attached hydrogens (tertiary/aromatic N) is 2. The SMILES string of the molecule is Cc1sc(NC(=O)c2ccc([N+](=O)[O-])cc2[N+](=O)[O-])c(C(=O)OC(C)C)c1C. The number of nitro groups is 2. The summed E-state index contributed by atoms with van der Waals surface area (Å²) in [7, 11) is 0. The van der Waals surface area contributed by atoms with Crippen molar-refractivity contribution in [3.05, 3.63) is 60.0 Å². The van der Waals surface area contributed by atoms with E-state index in [1.165, 1.54) is 0 Å². The van der Waals surface area contributed by atoms with Crippen LogP contribution in [-0.2, 0) is 4.74 Å². The van der Waals surface area contributed by atoms with Gasteiger partial charge in [0.25, 0.3) is 17.3 Å². The molecule has 2 aromatic rings. The second-order valence-electron chi connectivity index (χ2n) is 6.11. The van der Waals surface area contributed by atoms with Crippen LogP contribution in [0, 0.1) is 34.1 Å². The average Bonchev–Trinajstić information content (AvgIpc) is 2.87. The van der Waals surface area contributed by atoms with E-state index in [1.54, 1.807) is 27.7 Å². The van der Waals surface area contributed by atoms with Gasteiger partial charge in [-0.05, 0) is 39.3 Å². The maximum atomic E-state index is 12.6. The van der Waals surface area contributed by atoms with Gasteiger partial charge in [-0.2, -0.15) is 0 Å². The summed E-state index contributed by atoms with van der Waals surface area (Å²) in [6.45, 7) is 6.83. The van der Waals surface area contributed by atoms with Crippen LogP contribution in [0.15, 0.2) is 18.2 Å². The number of non-ortho nitro benzene ring substituents is 1. The van der Waals surface area contributed by atoms with Crippen molar-refractivity contribution in [1.82, 2.24) is 0 Å². The first-order chi connectivity index (χ1) is 13.0. The van der Waals surface area contributed by atoms with E-state index in [0.29, 0.717) is 11.6 Å². The van der Waals surface area contributed by atoms with Crippen LogP contribution in [0.2, 0.25) is 0 Å². The molecule has 0 aliphatic rings. The summed E-state index contributed by atoms with van der Waals surface area (Å²) in [6.07, 6.45) is -0.369. The van der Waals surface area contributed by atoms with Gasteiger partial charge in [-0.3, -0.25) is 25.0 Å². The Labute approximate surface area is 163 Å². The van der Waals surface area contributed by atoms with Gasteiger partial charge < -0.3 is 10.1 Å². The van der Waals surface area contributed by atoms with E-state index < -0.39 is 33.1 Å². The van der Waals surface area contributed by atoms with E-state index in [2.05, 4.69) is 5.32 Å². The van der Waals surface area contributed by atoms with Crippen molar-refractivity contribution in [2.24, 2.45) is 0 Å². The highest BCUT2D eigenvalue weighted by Gasteiger charge is 2.27. The van der Waals surface area contributed by atoms with Gasteiger partial charge in [-0.15, -0.1) is 11.3 Å². The van der Waals surface area contributed by atoms with Gasteiger partial charge in [0, 0.05) is 10.9 Å². The number of hydrogen-bond donors (Lipinski definition) is 1. The number of rotatable bonds is 6. The zero-order valence-electron chi connectivity index (χ0n) is 15.5. The molecule has 1 heterocycles. The topological polar surface area (TPSA) is 142 Å². The molecule has 0 bridgehead atoms. The van der Waals surface area contributed by atoms with Crippen LogP contribution in [0.3, 0.4) is 0 Å². The second-order valence-corrected chi connectivity index (χ2v) is 7.34. The van der Waals surface area contributed by atoms with Gasteiger partial charge in [0.05, 0.1) is 27.6 Å². The minimum Gasteiger partial charge on any atom is -0.459 e. The Morgan fingerprint density at radius 1 is 1.14 bits per heavy atom. The average molecular weight is 407 g/mol. The lowest BCUT2D eigenvalue weighted by Crippen LogP contribution is -2.17. The largest absolute Gasteiger partial charge is 0.459 e. The van der Waals surface area contributed by atoms with Crippen molar-refractivity contribution in [1.29, 1.82) is 0 Å². The fourth-order valence-corrected chi connectivity index (χ4v) is 3.42. The molecule has 11 heteroatoms. The summed E-state index contributed by atoms with van der Waals surface area (Å²) in [5.74, 6) is -1.48. The summed E-state index contributed by atoms with van der Waals surface area (Å²) >= 11 is 1.13. The molecule has 0 radical (unpaired) electrons.